The van der Waals surface area contributed by atoms with Gasteiger partial charge in [-0.15, -0.1) is 5.92 Å². The van der Waals surface area contributed by atoms with Gasteiger partial charge in [-0.05, 0) is 19.1 Å². The van der Waals surface area contributed by atoms with Gasteiger partial charge in [0.2, 0.25) is 0 Å². The van der Waals surface area contributed by atoms with Crippen LogP contribution in [-0.4, -0.2) is 25.6 Å². The molecular weight excluding hydrogens is 216 g/mol. The normalized spacial score (nSPS) is 12.3. The topological polar surface area (TPSA) is 50.4 Å². The molecule has 88 valence electrons. The van der Waals surface area contributed by atoms with Crippen LogP contribution in [0.3, 0.4) is 0 Å². The minimum Gasteiger partial charge on any atom is -0.489 e. The maximum absolute atomic E-state index is 11.9. The Bertz CT molecular complexity index is 486. The molecule has 0 bridgehead atoms. The predicted molar refractivity (Wildman–Crippen MR) is 66.2 cm³/mol. The summed E-state index contributed by atoms with van der Waals surface area (Å²) in [4.78, 5) is 11.9. The van der Waals surface area contributed by atoms with Crippen LogP contribution in [-0.2, 0) is 0 Å². The molecule has 4 heteroatoms. The SMILES string of the molecule is CC#CCNC(=O)c1cccc2c1OCCN2. The molecule has 0 saturated carbocycles. The van der Waals surface area contributed by atoms with Crippen molar-refractivity contribution in [1.82, 2.24) is 5.32 Å². The fourth-order valence-electron chi connectivity index (χ4n) is 1.66. The molecule has 0 unspecified atom stereocenters. The average Bonchev–Trinajstić information content (AvgIpc) is 2.38. The van der Waals surface area contributed by atoms with Gasteiger partial charge in [-0.3, -0.25) is 4.79 Å². The molecule has 0 fully saturated rings. The molecule has 17 heavy (non-hydrogen) atoms. The van der Waals surface area contributed by atoms with Crippen LogP contribution in [0, 0.1) is 11.8 Å². The second kappa shape index (κ2) is 5.26. The number of carbonyl (C=O) groups excluding carboxylic acids is 1. The lowest BCUT2D eigenvalue weighted by Crippen LogP contribution is -2.26. The molecule has 2 rings (SSSR count). The molecule has 1 aromatic rings. The van der Waals surface area contributed by atoms with Crippen LogP contribution in [0.2, 0.25) is 0 Å². The molecule has 1 aromatic carbocycles. The zero-order chi connectivity index (χ0) is 12.1. The van der Waals surface area contributed by atoms with Gasteiger partial charge < -0.3 is 15.4 Å². The summed E-state index contributed by atoms with van der Waals surface area (Å²) < 4.78 is 5.52. The number of nitrogens with one attached hydrogen (secondary N) is 2. The molecule has 0 aromatic heterocycles. The molecule has 0 saturated heterocycles. The summed E-state index contributed by atoms with van der Waals surface area (Å²) in [5, 5.41) is 5.92. The number of amides is 1. The summed E-state index contributed by atoms with van der Waals surface area (Å²) in [6.45, 7) is 3.43. The third-order valence-electron chi connectivity index (χ3n) is 2.44. The van der Waals surface area contributed by atoms with Crippen molar-refractivity contribution in [1.29, 1.82) is 0 Å². The minimum absolute atomic E-state index is 0.159. The van der Waals surface area contributed by atoms with E-state index in [1.165, 1.54) is 0 Å². The van der Waals surface area contributed by atoms with E-state index in [-0.39, 0.29) is 5.91 Å². The molecule has 0 spiro atoms. The number of carbonyl (C=O) groups is 1. The maximum atomic E-state index is 11.9. The Morgan fingerprint density at radius 2 is 2.47 bits per heavy atom. The quantitative estimate of drug-likeness (QED) is 0.752. The first-order chi connectivity index (χ1) is 8.33. The second-order valence-electron chi connectivity index (χ2n) is 3.57. The summed E-state index contributed by atoms with van der Waals surface area (Å²) in [6, 6.07) is 5.48. The third kappa shape index (κ3) is 2.51. The number of anilines is 1. The lowest BCUT2D eigenvalue weighted by atomic mass is 10.1. The van der Waals surface area contributed by atoms with Gasteiger partial charge in [0, 0.05) is 6.54 Å². The van der Waals surface area contributed by atoms with Gasteiger partial charge in [0.15, 0.2) is 5.75 Å². The summed E-state index contributed by atoms with van der Waals surface area (Å²) in [5.74, 6) is 5.99. The Kier molecular flexibility index (Phi) is 3.51. The van der Waals surface area contributed by atoms with E-state index in [0.29, 0.717) is 24.5 Å². The van der Waals surface area contributed by atoms with Crippen molar-refractivity contribution in [2.45, 2.75) is 6.92 Å². The van der Waals surface area contributed by atoms with E-state index in [1.54, 1.807) is 13.0 Å². The van der Waals surface area contributed by atoms with Crippen LogP contribution in [0.1, 0.15) is 17.3 Å². The number of rotatable bonds is 2. The first-order valence-electron chi connectivity index (χ1n) is 5.50. The number of ether oxygens (including phenoxy) is 1. The monoisotopic (exact) mass is 230 g/mol. The fraction of sp³-hybridized carbons (Fsp3) is 0.308. The standard InChI is InChI=1S/C13H14N2O2/c1-2-3-7-15-13(16)10-5-4-6-11-12(10)17-9-8-14-11/h4-6,14H,7-9H2,1H3,(H,15,16). The molecule has 1 amide bonds. The highest BCUT2D eigenvalue weighted by molar-refractivity contribution is 5.99. The van der Waals surface area contributed by atoms with Crippen LogP contribution < -0.4 is 15.4 Å². The van der Waals surface area contributed by atoms with Gasteiger partial charge in [-0.25, -0.2) is 0 Å². The van der Waals surface area contributed by atoms with Crippen molar-refractivity contribution in [3.05, 3.63) is 23.8 Å². The third-order valence-corrected chi connectivity index (χ3v) is 2.44. The minimum atomic E-state index is -0.159. The maximum Gasteiger partial charge on any atom is 0.255 e. The number of fused-ring (bicyclic) bond motifs is 1. The number of hydrogen-bond acceptors (Lipinski definition) is 3. The van der Waals surface area contributed by atoms with E-state index in [2.05, 4.69) is 22.5 Å². The van der Waals surface area contributed by atoms with E-state index in [9.17, 15) is 4.79 Å². The Balaban J connectivity index is 2.19. The highest BCUT2D eigenvalue weighted by atomic mass is 16.5. The lowest BCUT2D eigenvalue weighted by Gasteiger charge is -2.21. The zero-order valence-electron chi connectivity index (χ0n) is 9.67. The smallest absolute Gasteiger partial charge is 0.255 e. The van der Waals surface area contributed by atoms with Crippen molar-refractivity contribution in [2.75, 3.05) is 25.0 Å². The number of para-hydroxylation sites is 1. The molecule has 2 N–H and O–H groups in total. The van der Waals surface area contributed by atoms with Gasteiger partial charge in [0.05, 0.1) is 17.8 Å². The van der Waals surface area contributed by atoms with E-state index in [1.807, 2.05) is 12.1 Å². The summed E-state index contributed by atoms with van der Waals surface area (Å²) in [7, 11) is 0. The molecule has 0 radical (unpaired) electrons. The van der Waals surface area contributed by atoms with Gasteiger partial charge >= 0.3 is 0 Å². The van der Waals surface area contributed by atoms with Crippen molar-refractivity contribution in [3.8, 4) is 17.6 Å². The Morgan fingerprint density at radius 1 is 1.59 bits per heavy atom. The summed E-state index contributed by atoms with van der Waals surface area (Å²) in [6.07, 6.45) is 0. The first-order valence-corrected chi connectivity index (χ1v) is 5.50. The first kappa shape index (κ1) is 11.3. The molecule has 0 atom stereocenters. The highest BCUT2D eigenvalue weighted by Gasteiger charge is 2.18. The largest absolute Gasteiger partial charge is 0.489 e. The number of benzene rings is 1. The molecule has 1 aliphatic heterocycles. The van der Waals surface area contributed by atoms with E-state index >= 15 is 0 Å². The molecule has 4 nitrogen and oxygen atoms in total. The molecule has 1 aliphatic rings. The molecule has 0 aliphatic carbocycles. The van der Waals surface area contributed by atoms with Crippen molar-refractivity contribution >= 4 is 11.6 Å². The summed E-state index contributed by atoms with van der Waals surface area (Å²) in [5.41, 5.74) is 1.41. The van der Waals surface area contributed by atoms with E-state index in [4.69, 9.17) is 4.74 Å². The lowest BCUT2D eigenvalue weighted by molar-refractivity contribution is 0.0954. The highest BCUT2D eigenvalue weighted by Crippen LogP contribution is 2.30. The average molecular weight is 230 g/mol. The van der Waals surface area contributed by atoms with Crippen LogP contribution in [0.25, 0.3) is 0 Å². The van der Waals surface area contributed by atoms with Crippen LogP contribution in [0.5, 0.6) is 5.75 Å². The molecular formula is C13H14N2O2. The van der Waals surface area contributed by atoms with Gasteiger partial charge in [-0.2, -0.15) is 0 Å². The van der Waals surface area contributed by atoms with Gasteiger partial charge in [0.25, 0.3) is 5.91 Å². The van der Waals surface area contributed by atoms with Gasteiger partial charge in [-0.1, -0.05) is 12.0 Å². The summed E-state index contributed by atoms with van der Waals surface area (Å²) >= 11 is 0. The molecule has 1 heterocycles. The van der Waals surface area contributed by atoms with Crippen molar-refractivity contribution in [2.24, 2.45) is 0 Å². The fourth-order valence-corrected chi connectivity index (χ4v) is 1.66. The predicted octanol–water partition coefficient (Wildman–Crippen LogP) is 1.24. The Labute approximate surface area is 100 Å². The van der Waals surface area contributed by atoms with Crippen LogP contribution in [0.15, 0.2) is 18.2 Å². The Morgan fingerprint density at radius 3 is 3.29 bits per heavy atom. The number of hydrogen-bond donors (Lipinski definition) is 2. The van der Waals surface area contributed by atoms with Crippen LogP contribution >= 0.6 is 0 Å². The Hall–Kier alpha value is -2.15. The second-order valence-corrected chi connectivity index (χ2v) is 3.57. The zero-order valence-corrected chi connectivity index (χ0v) is 9.67. The van der Waals surface area contributed by atoms with Gasteiger partial charge in [0.1, 0.15) is 6.61 Å². The van der Waals surface area contributed by atoms with Crippen molar-refractivity contribution < 1.29 is 9.53 Å². The van der Waals surface area contributed by atoms with E-state index in [0.717, 1.165) is 12.2 Å². The van der Waals surface area contributed by atoms with Crippen molar-refractivity contribution in [3.63, 3.8) is 0 Å². The van der Waals surface area contributed by atoms with E-state index < -0.39 is 0 Å². The van der Waals surface area contributed by atoms with Crippen LogP contribution in [0.4, 0.5) is 5.69 Å².